The number of hydrogen-bond donors (Lipinski definition) is 1. The van der Waals surface area contributed by atoms with Crippen LogP contribution in [0.3, 0.4) is 0 Å². The lowest BCUT2D eigenvalue weighted by atomic mass is 9.94. The number of imide groups is 1. The fourth-order valence-corrected chi connectivity index (χ4v) is 4.75. The molecule has 10 nitrogen and oxygen atoms in total. The van der Waals surface area contributed by atoms with E-state index in [9.17, 15) is 19.2 Å². The molecule has 4 rings (SSSR count). The SMILES string of the molecule is COc1cc2c(cc1OC)CN1C(=O)N(CCC(=O)N3CCC(C(N)=O)CC3)C(=O)[C@H]1C2. The Labute approximate surface area is 186 Å². The van der Waals surface area contributed by atoms with Crippen molar-refractivity contribution in [1.29, 1.82) is 0 Å². The van der Waals surface area contributed by atoms with Crippen molar-refractivity contribution < 1.29 is 28.7 Å². The standard InChI is InChI=1S/C22H28N4O6/c1-31-17-10-14-9-16-21(29)25(22(30)26(16)12-15(14)11-18(17)32-2)8-5-19(27)24-6-3-13(4-7-24)20(23)28/h10-11,13,16H,3-9,12H2,1-2H3,(H2,23,28)/t16-/m1/s1. The van der Waals surface area contributed by atoms with E-state index in [0.29, 0.717) is 50.4 Å². The van der Waals surface area contributed by atoms with Crippen molar-refractivity contribution in [3.05, 3.63) is 23.3 Å². The molecule has 0 saturated carbocycles. The number of primary amides is 1. The van der Waals surface area contributed by atoms with Gasteiger partial charge in [0.25, 0.3) is 5.91 Å². The van der Waals surface area contributed by atoms with Crippen LogP contribution in [0.2, 0.25) is 0 Å². The first-order valence-electron chi connectivity index (χ1n) is 10.8. The Kier molecular flexibility index (Phi) is 5.94. The first kappa shape index (κ1) is 21.9. The van der Waals surface area contributed by atoms with Crippen LogP contribution < -0.4 is 15.2 Å². The number of carbonyl (C=O) groups excluding carboxylic acids is 4. The van der Waals surface area contributed by atoms with Gasteiger partial charge >= 0.3 is 6.03 Å². The van der Waals surface area contributed by atoms with Crippen molar-refractivity contribution in [2.45, 2.75) is 38.3 Å². The molecule has 1 aromatic carbocycles. The Morgan fingerprint density at radius 2 is 1.69 bits per heavy atom. The molecule has 0 aromatic heterocycles. The molecule has 1 atom stereocenters. The number of piperidine rings is 1. The second-order valence-electron chi connectivity index (χ2n) is 8.40. The van der Waals surface area contributed by atoms with Crippen molar-refractivity contribution in [3.8, 4) is 11.5 Å². The molecular weight excluding hydrogens is 416 g/mol. The zero-order valence-electron chi connectivity index (χ0n) is 18.3. The van der Waals surface area contributed by atoms with Crippen LogP contribution in [-0.2, 0) is 27.3 Å². The van der Waals surface area contributed by atoms with Crippen LogP contribution in [0.15, 0.2) is 12.1 Å². The van der Waals surface area contributed by atoms with Gasteiger partial charge in [0.05, 0.1) is 14.2 Å². The van der Waals surface area contributed by atoms with Crippen molar-refractivity contribution in [2.75, 3.05) is 33.9 Å². The fraction of sp³-hybridized carbons (Fsp3) is 0.545. The van der Waals surface area contributed by atoms with E-state index in [2.05, 4.69) is 0 Å². The Hall–Kier alpha value is -3.30. The van der Waals surface area contributed by atoms with Crippen LogP contribution in [0.4, 0.5) is 4.79 Å². The largest absolute Gasteiger partial charge is 0.493 e. The van der Waals surface area contributed by atoms with Crippen molar-refractivity contribution in [1.82, 2.24) is 14.7 Å². The Balaban J connectivity index is 1.39. The fourth-order valence-electron chi connectivity index (χ4n) is 4.75. The quantitative estimate of drug-likeness (QED) is 0.638. The molecule has 3 heterocycles. The van der Waals surface area contributed by atoms with E-state index in [-0.39, 0.29) is 42.6 Å². The topological polar surface area (TPSA) is 122 Å². The van der Waals surface area contributed by atoms with Gasteiger partial charge in [-0.25, -0.2) is 4.79 Å². The molecule has 2 saturated heterocycles. The zero-order valence-corrected chi connectivity index (χ0v) is 18.3. The summed E-state index contributed by atoms with van der Waals surface area (Å²) in [6.07, 6.45) is 1.55. The highest BCUT2D eigenvalue weighted by Gasteiger charge is 2.47. The number of benzene rings is 1. The smallest absolute Gasteiger partial charge is 0.327 e. The number of nitrogens with two attached hydrogens (primary N) is 1. The van der Waals surface area contributed by atoms with E-state index in [1.54, 1.807) is 24.0 Å². The van der Waals surface area contributed by atoms with Gasteiger partial charge in [0.1, 0.15) is 6.04 Å². The van der Waals surface area contributed by atoms with E-state index in [0.717, 1.165) is 11.1 Å². The van der Waals surface area contributed by atoms with Gasteiger partial charge in [0.2, 0.25) is 11.8 Å². The number of nitrogens with zero attached hydrogens (tertiary/aromatic N) is 3. The summed E-state index contributed by atoms with van der Waals surface area (Å²) in [6.45, 7) is 1.27. The average molecular weight is 444 g/mol. The summed E-state index contributed by atoms with van der Waals surface area (Å²) >= 11 is 0. The molecule has 2 N–H and O–H groups in total. The monoisotopic (exact) mass is 444 g/mol. The predicted molar refractivity (Wildman–Crippen MR) is 113 cm³/mol. The summed E-state index contributed by atoms with van der Waals surface area (Å²) < 4.78 is 10.7. The molecular formula is C22H28N4O6. The first-order valence-corrected chi connectivity index (χ1v) is 10.8. The maximum Gasteiger partial charge on any atom is 0.327 e. The highest BCUT2D eigenvalue weighted by atomic mass is 16.5. The minimum Gasteiger partial charge on any atom is -0.493 e. The molecule has 2 fully saturated rings. The molecule has 3 aliphatic rings. The molecule has 0 radical (unpaired) electrons. The Morgan fingerprint density at radius 3 is 2.28 bits per heavy atom. The zero-order chi connectivity index (χ0) is 23.0. The van der Waals surface area contributed by atoms with Crippen molar-refractivity contribution >= 4 is 23.8 Å². The molecule has 32 heavy (non-hydrogen) atoms. The number of hydrogen-bond acceptors (Lipinski definition) is 6. The number of carbonyl (C=O) groups is 4. The number of fused-ring (bicyclic) bond motifs is 2. The number of amides is 5. The summed E-state index contributed by atoms with van der Waals surface area (Å²) in [4.78, 5) is 54.2. The van der Waals surface area contributed by atoms with Gasteiger partial charge in [0, 0.05) is 44.9 Å². The lowest BCUT2D eigenvalue weighted by Crippen LogP contribution is -2.43. The number of likely N-dealkylation sites (tertiary alicyclic amines) is 1. The lowest BCUT2D eigenvalue weighted by Gasteiger charge is -2.31. The van der Waals surface area contributed by atoms with Crippen LogP contribution in [0.25, 0.3) is 0 Å². The number of ether oxygens (including phenoxy) is 2. The summed E-state index contributed by atoms with van der Waals surface area (Å²) in [7, 11) is 3.11. The van der Waals surface area contributed by atoms with Crippen LogP contribution in [0.5, 0.6) is 11.5 Å². The molecule has 5 amide bonds. The molecule has 3 aliphatic heterocycles. The summed E-state index contributed by atoms with van der Waals surface area (Å²) in [5.41, 5.74) is 7.20. The predicted octanol–water partition coefficient (Wildman–Crippen LogP) is 0.507. The number of rotatable bonds is 6. The molecule has 0 spiro atoms. The molecule has 10 heteroatoms. The van der Waals surface area contributed by atoms with Gasteiger partial charge in [-0.3, -0.25) is 19.3 Å². The second-order valence-corrected chi connectivity index (χ2v) is 8.40. The van der Waals surface area contributed by atoms with Gasteiger partial charge in [0.15, 0.2) is 11.5 Å². The number of methoxy groups -OCH3 is 2. The summed E-state index contributed by atoms with van der Waals surface area (Å²) in [5.74, 6) is 0.213. The average Bonchev–Trinajstić information content (AvgIpc) is 3.03. The molecule has 0 unspecified atom stereocenters. The van der Waals surface area contributed by atoms with Crippen LogP contribution in [0, 0.1) is 5.92 Å². The van der Waals surface area contributed by atoms with Crippen molar-refractivity contribution in [3.63, 3.8) is 0 Å². The van der Waals surface area contributed by atoms with Gasteiger partial charge in [-0.15, -0.1) is 0 Å². The van der Waals surface area contributed by atoms with Gasteiger partial charge in [-0.2, -0.15) is 0 Å². The van der Waals surface area contributed by atoms with Crippen molar-refractivity contribution in [2.24, 2.45) is 11.7 Å². The van der Waals surface area contributed by atoms with E-state index < -0.39 is 6.04 Å². The molecule has 0 aliphatic carbocycles. The van der Waals surface area contributed by atoms with E-state index in [1.807, 2.05) is 12.1 Å². The van der Waals surface area contributed by atoms with Crippen LogP contribution >= 0.6 is 0 Å². The molecule has 172 valence electrons. The summed E-state index contributed by atoms with van der Waals surface area (Å²) in [5, 5.41) is 0. The minimum atomic E-state index is -0.575. The first-order chi connectivity index (χ1) is 15.3. The lowest BCUT2D eigenvalue weighted by molar-refractivity contribution is -0.135. The normalized spacial score (nSPS) is 20.8. The highest BCUT2D eigenvalue weighted by molar-refractivity contribution is 6.05. The van der Waals surface area contributed by atoms with Crippen LogP contribution in [-0.4, -0.2) is 78.3 Å². The minimum absolute atomic E-state index is 0.0439. The maximum atomic E-state index is 13.0. The Bertz CT molecular complexity index is 905. The highest BCUT2D eigenvalue weighted by Crippen LogP contribution is 2.37. The van der Waals surface area contributed by atoms with Gasteiger partial charge in [-0.1, -0.05) is 0 Å². The third-order valence-electron chi connectivity index (χ3n) is 6.66. The number of urea groups is 1. The van der Waals surface area contributed by atoms with Gasteiger partial charge < -0.3 is 25.0 Å². The third-order valence-corrected chi connectivity index (χ3v) is 6.66. The third kappa shape index (κ3) is 3.85. The molecule has 0 bridgehead atoms. The van der Waals surface area contributed by atoms with E-state index in [1.165, 1.54) is 4.90 Å². The van der Waals surface area contributed by atoms with Crippen LogP contribution in [0.1, 0.15) is 30.4 Å². The second kappa shape index (κ2) is 8.68. The summed E-state index contributed by atoms with van der Waals surface area (Å²) in [6, 6.07) is 2.74. The van der Waals surface area contributed by atoms with E-state index in [4.69, 9.17) is 15.2 Å². The Morgan fingerprint density at radius 1 is 1.06 bits per heavy atom. The molecule has 1 aromatic rings. The van der Waals surface area contributed by atoms with E-state index >= 15 is 0 Å². The maximum absolute atomic E-state index is 13.0. The van der Waals surface area contributed by atoms with Gasteiger partial charge in [-0.05, 0) is 36.1 Å².